The standard InChI is InChI=1S/C5H10N2O2/c1-3(8)4(6)2-5(7)9/h4H,2,6H2,1H3,(H2,7,9)/t4-/m0/s1. The molecule has 0 saturated heterocycles. The van der Waals surface area contributed by atoms with Crippen LogP contribution in [0.4, 0.5) is 0 Å². The third-order valence-corrected chi connectivity index (χ3v) is 0.943. The predicted octanol–water partition coefficient (Wildman–Crippen LogP) is -1.22. The van der Waals surface area contributed by atoms with E-state index in [1.165, 1.54) is 6.92 Å². The monoisotopic (exact) mass is 130 g/mol. The van der Waals surface area contributed by atoms with Crippen LogP contribution in [-0.4, -0.2) is 17.7 Å². The molecule has 0 aliphatic heterocycles. The molecule has 0 heterocycles. The van der Waals surface area contributed by atoms with Crippen LogP contribution in [-0.2, 0) is 9.59 Å². The number of primary amides is 1. The molecule has 4 nitrogen and oxygen atoms in total. The van der Waals surface area contributed by atoms with E-state index in [2.05, 4.69) is 0 Å². The Morgan fingerprint density at radius 1 is 1.56 bits per heavy atom. The summed E-state index contributed by atoms with van der Waals surface area (Å²) in [6.45, 7) is 1.33. The minimum Gasteiger partial charge on any atom is -0.370 e. The number of ketones is 1. The molecule has 0 radical (unpaired) electrons. The molecule has 0 aromatic carbocycles. The van der Waals surface area contributed by atoms with Gasteiger partial charge in [0.2, 0.25) is 5.91 Å². The zero-order valence-corrected chi connectivity index (χ0v) is 5.26. The Hall–Kier alpha value is -0.900. The highest BCUT2D eigenvalue weighted by Crippen LogP contribution is 1.86. The Labute approximate surface area is 53.2 Å². The minimum atomic E-state index is -0.720. The second-order valence-electron chi connectivity index (χ2n) is 1.89. The zero-order valence-electron chi connectivity index (χ0n) is 5.26. The van der Waals surface area contributed by atoms with Crippen molar-refractivity contribution in [3.63, 3.8) is 0 Å². The maximum atomic E-state index is 10.3. The Morgan fingerprint density at radius 2 is 2.00 bits per heavy atom. The van der Waals surface area contributed by atoms with Gasteiger partial charge < -0.3 is 11.5 Å². The van der Waals surface area contributed by atoms with Gasteiger partial charge >= 0.3 is 0 Å². The van der Waals surface area contributed by atoms with Crippen molar-refractivity contribution >= 4 is 11.7 Å². The van der Waals surface area contributed by atoms with Gasteiger partial charge in [-0.2, -0.15) is 0 Å². The molecule has 0 saturated carbocycles. The summed E-state index contributed by atoms with van der Waals surface area (Å²) < 4.78 is 0. The van der Waals surface area contributed by atoms with Crippen molar-refractivity contribution in [3.8, 4) is 0 Å². The second-order valence-corrected chi connectivity index (χ2v) is 1.89. The molecule has 4 heteroatoms. The fourth-order valence-corrected chi connectivity index (χ4v) is 0.360. The Bertz CT molecular complexity index is 133. The van der Waals surface area contributed by atoms with Crippen LogP contribution >= 0.6 is 0 Å². The van der Waals surface area contributed by atoms with Crippen LogP contribution in [0, 0.1) is 0 Å². The van der Waals surface area contributed by atoms with E-state index in [1.54, 1.807) is 0 Å². The van der Waals surface area contributed by atoms with Crippen molar-refractivity contribution in [2.24, 2.45) is 11.5 Å². The van der Waals surface area contributed by atoms with Gasteiger partial charge in [0.1, 0.15) is 5.78 Å². The van der Waals surface area contributed by atoms with Gasteiger partial charge in [-0.3, -0.25) is 9.59 Å². The van der Waals surface area contributed by atoms with Crippen LogP contribution in [0.1, 0.15) is 13.3 Å². The summed E-state index contributed by atoms with van der Waals surface area (Å²) in [5.74, 6) is -0.758. The lowest BCUT2D eigenvalue weighted by molar-refractivity contribution is -0.123. The molecule has 0 spiro atoms. The van der Waals surface area contributed by atoms with Crippen LogP contribution in [0.5, 0.6) is 0 Å². The van der Waals surface area contributed by atoms with E-state index in [0.29, 0.717) is 0 Å². The molecule has 0 unspecified atom stereocenters. The van der Waals surface area contributed by atoms with Crippen molar-refractivity contribution in [2.75, 3.05) is 0 Å². The van der Waals surface area contributed by atoms with Crippen LogP contribution in [0.3, 0.4) is 0 Å². The van der Waals surface area contributed by atoms with Crippen molar-refractivity contribution in [1.29, 1.82) is 0 Å². The van der Waals surface area contributed by atoms with Crippen molar-refractivity contribution in [2.45, 2.75) is 19.4 Å². The van der Waals surface area contributed by atoms with Gasteiger partial charge in [-0.1, -0.05) is 0 Å². The van der Waals surface area contributed by atoms with Crippen molar-refractivity contribution < 1.29 is 9.59 Å². The smallest absolute Gasteiger partial charge is 0.219 e. The quantitative estimate of drug-likeness (QED) is 0.502. The van der Waals surface area contributed by atoms with E-state index < -0.39 is 11.9 Å². The lowest BCUT2D eigenvalue weighted by Crippen LogP contribution is -2.33. The van der Waals surface area contributed by atoms with Gasteiger partial charge in [0.15, 0.2) is 0 Å². The minimum absolute atomic E-state index is 0.0602. The molecule has 1 atom stereocenters. The third-order valence-electron chi connectivity index (χ3n) is 0.943. The number of rotatable bonds is 3. The van der Waals surface area contributed by atoms with Crippen molar-refractivity contribution in [3.05, 3.63) is 0 Å². The molecule has 0 aliphatic carbocycles. The SMILES string of the molecule is CC(=O)[C@@H](N)CC(N)=O. The first-order chi connectivity index (χ1) is 4.04. The maximum absolute atomic E-state index is 10.3. The largest absolute Gasteiger partial charge is 0.370 e. The average molecular weight is 130 g/mol. The Balaban J connectivity index is 3.63. The number of hydrogen-bond acceptors (Lipinski definition) is 3. The molecule has 9 heavy (non-hydrogen) atoms. The van der Waals surface area contributed by atoms with Crippen LogP contribution in [0.15, 0.2) is 0 Å². The summed E-state index contributed by atoms with van der Waals surface area (Å²) in [6.07, 6.45) is -0.0602. The van der Waals surface area contributed by atoms with E-state index >= 15 is 0 Å². The summed E-state index contributed by atoms with van der Waals surface area (Å²) in [7, 11) is 0. The van der Waals surface area contributed by atoms with E-state index in [9.17, 15) is 9.59 Å². The van der Waals surface area contributed by atoms with Gasteiger partial charge in [-0.15, -0.1) is 0 Å². The number of nitrogens with two attached hydrogens (primary N) is 2. The van der Waals surface area contributed by atoms with Gasteiger partial charge in [-0.25, -0.2) is 0 Å². The zero-order chi connectivity index (χ0) is 7.44. The van der Waals surface area contributed by atoms with Crippen molar-refractivity contribution in [1.82, 2.24) is 0 Å². The molecular formula is C5H10N2O2. The highest BCUT2D eigenvalue weighted by atomic mass is 16.1. The van der Waals surface area contributed by atoms with Crippen LogP contribution in [0.2, 0.25) is 0 Å². The normalized spacial score (nSPS) is 12.7. The Kier molecular flexibility index (Phi) is 2.87. The number of carbonyl (C=O) groups excluding carboxylic acids is 2. The molecule has 0 aromatic rings. The van der Waals surface area contributed by atoms with Crippen LogP contribution < -0.4 is 11.5 Å². The molecule has 0 rings (SSSR count). The van der Waals surface area contributed by atoms with Crippen LogP contribution in [0.25, 0.3) is 0 Å². The van der Waals surface area contributed by atoms with Gasteiger partial charge in [-0.05, 0) is 6.92 Å². The lowest BCUT2D eigenvalue weighted by atomic mass is 10.1. The van der Waals surface area contributed by atoms with Gasteiger partial charge in [0.25, 0.3) is 0 Å². The molecular weight excluding hydrogens is 120 g/mol. The first-order valence-corrected chi connectivity index (χ1v) is 2.58. The summed E-state index contributed by atoms with van der Waals surface area (Å²) >= 11 is 0. The fraction of sp³-hybridized carbons (Fsp3) is 0.600. The lowest BCUT2D eigenvalue weighted by Gasteiger charge is -2.01. The van der Waals surface area contributed by atoms with E-state index in [-0.39, 0.29) is 12.2 Å². The summed E-state index contributed by atoms with van der Waals surface area (Å²) in [4.78, 5) is 20.5. The molecule has 4 N–H and O–H groups in total. The number of carbonyl (C=O) groups is 2. The number of Topliss-reactive ketones (excluding diaryl/α,β-unsaturated/α-hetero) is 1. The predicted molar refractivity (Wildman–Crippen MR) is 32.5 cm³/mol. The highest BCUT2D eigenvalue weighted by molar-refractivity contribution is 5.87. The molecule has 52 valence electrons. The number of hydrogen-bond donors (Lipinski definition) is 2. The second kappa shape index (κ2) is 3.19. The highest BCUT2D eigenvalue weighted by Gasteiger charge is 2.09. The number of amides is 1. The fourth-order valence-electron chi connectivity index (χ4n) is 0.360. The molecule has 0 bridgehead atoms. The first-order valence-electron chi connectivity index (χ1n) is 2.58. The van der Waals surface area contributed by atoms with Gasteiger partial charge in [0, 0.05) is 6.42 Å². The molecule has 0 aromatic heterocycles. The Morgan fingerprint density at radius 3 is 2.11 bits per heavy atom. The summed E-state index contributed by atoms with van der Waals surface area (Å²) in [5, 5.41) is 0. The summed E-state index contributed by atoms with van der Waals surface area (Å²) in [5.41, 5.74) is 9.93. The third kappa shape index (κ3) is 3.66. The average Bonchev–Trinajstić information content (AvgIpc) is 1.63. The van der Waals surface area contributed by atoms with E-state index in [1.807, 2.05) is 0 Å². The van der Waals surface area contributed by atoms with E-state index in [0.717, 1.165) is 0 Å². The topological polar surface area (TPSA) is 86.2 Å². The van der Waals surface area contributed by atoms with E-state index in [4.69, 9.17) is 11.5 Å². The molecule has 0 fully saturated rings. The summed E-state index contributed by atoms with van der Waals surface area (Å²) in [6, 6.07) is -0.720. The molecule has 0 aliphatic rings. The van der Waals surface area contributed by atoms with Gasteiger partial charge in [0.05, 0.1) is 6.04 Å². The maximum Gasteiger partial charge on any atom is 0.219 e. The molecule has 1 amide bonds. The first kappa shape index (κ1) is 8.10.